The normalized spacial score (nSPS) is 18.9. The Kier molecular flexibility index (Phi) is 6.31. The Morgan fingerprint density at radius 3 is 2.89 bits per heavy atom. The van der Waals surface area contributed by atoms with Crippen molar-refractivity contribution in [2.24, 2.45) is 0 Å². The highest BCUT2D eigenvalue weighted by atomic mass is 32.1. The van der Waals surface area contributed by atoms with Crippen LogP contribution in [0, 0.1) is 0 Å². The van der Waals surface area contributed by atoms with Crippen LogP contribution in [-0.4, -0.2) is 42.4 Å². The summed E-state index contributed by atoms with van der Waals surface area (Å²) < 4.78 is 5.56. The predicted molar refractivity (Wildman–Crippen MR) is 79.5 cm³/mol. The van der Waals surface area contributed by atoms with Crippen molar-refractivity contribution in [3.8, 4) is 0 Å². The molecule has 0 aliphatic heterocycles. The lowest BCUT2D eigenvalue weighted by atomic mass is 9.94. The quantitative estimate of drug-likeness (QED) is 0.835. The molecule has 0 amide bonds. The summed E-state index contributed by atoms with van der Waals surface area (Å²) in [6.45, 7) is 1.76. The van der Waals surface area contributed by atoms with Gasteiger partial charge in [0.2, 0.25) is 0 Å². The van der Waals surface area contributed by atoms with Crippen molar-refractivity contribution in [1.29, 1.82) is 0 Å². The summed E-state index contributed by atoms with van der Waals surface area (Å²) in [4.78, 5) is 3.52. The van der Waals surface area contributed by atoms with Crippen LogP contribution < -0.4 is 0 Å². The van der Waals surface area contributed by atoms with Gasteiger partial charge in [0.15, 0.2) is 0 Å². The third-order valence-corrected chi connectivity index (χ3v) is 4.68. The van der Waals surface area contributed by atoms with Crippen LogP contribution in [0.5, 0.6) is 0 Å². The SMILES string of the molecule is CN(C[C@H](O)COCc1cccs1)C1CCCCC1. The van der Waals surface area contributed by atoms with Crippen LogP contribution in [0.15, 0.2) is 17.5 Å². The van der Waals surface area contributed by atoms with Gasteiger partial charge in [0, 0.05) is 17.5 Å². The first-order valence-electron chi connectivity index (χ1n) is 7.24. The lowest BCUT2D eigenvalue weighted by Crippen LogP contribution is -2.40. The van der Waals surface area contributed by atoms with Crippen molar-refractivity contribution >= 4 is 11.3 Å². The number of thiophene rings is 1. The van der Waals surface area contributed by atoms with E-state index >= 15 is 0 Å². The first-order valence-corrected chi connectivity index (χ1v) is 8.12. The van der Waals surface area contributed by atoms with E-state index in [9.17, 15) is 5.11 Å². The number of aliphatic hydroxyl groups excluding tert-OH is 1. The van der Waals surface area contributed by atoms with E-state index in [0.717, 1.165) is 6.54 Å². The van der Waals surface area contributed by atoms with Crippen molar-refractivity contribution < 1.29 is 9.84 Å². The van der Waals surface area contributed by atoms with Gasteiger partial charge in [0.25, 0.3) is 0 Å². The van der Waals surface area contributed by atoms with Crippen molar-refractivity contribution in [3.63, 3.8) is 0 Å². The fourth-order valence-electron chi connectivity index (χ4n) is 2.75. The molecule has 1 aliphatic carbocycles. The molecular weight excluding hydrogens is 258 g/mol. The van der Waals surface area contributed by atoms with Crippen LogP contribution in [0.4, 0.5) is 0 Å². The minimum absolute atomic E-state index is 0.383. The van der Waals surface area contributed by atoms with E-state index in [1.54, 1.807) is 11.3 Å². The first-order chi connectivity index (χ1) is 9.25. The first kappa shape index (κ1) is 15.0. The van der Waals surface area contributed by atoms with Gasteiger partial charge in [-0.3, -0.25) is 0 Å². The van der Waals surface area contributed by atoms with E-state index in [4.69, 9.17) is 4.74 Å². The van der Waals surface area contributed by atoms with Gasteiger partial charge < -0.3 is 14.7 Å². The van der Waals surface area contributed by atoms with Crippen molar-refractivity contribution in [1.82, 2.24) is 4.90 Å². The van der Waals surface area contributed by atoms with Crippen LogP contribution in [0.1, 0.15) is 37.0 Å². The second kappa shape index (κ2) is 8.00. The molecule has 1 saturated carbocycles. The number of likely N-dealkylation sites (N-methyl/N-ethyl adjacent to an activating group) is 1. The maximum atomic E-state index is 10.0. The Hall–Kier alpha value is -0.420. The van der Waals surface area contributed by atoms with Gasteiger partial charge in [-0.05, 0) is 31.3 Å². The number of hydrogen-bond donors (Lipinski definition) is 1. The molecular formula is C15H25NO2S. The molecule has 4 heteroatoms. The van der Waals surface area contributed by atoms with Crippen molar-refractivity contribution in [3.05, 3.63) is 22.4 Å². The summed E-state index contributed by atoms with van der Waals surface area (Å²) in [6, 6.07) is 4.74. The average Bonchev–Trinajstić information content (AvgIpc) is 2.93. The molecule has 108 valence electrons. The largest absolute Gasteiger partial charge is 0.389 e. The summed E-state index contributed by atoms with van der Waals surface area (Å²) >= 11 is 1.69. The number of ether oxygens (including phenoxy) is 1. The molecule has 19 heavy (non-hydrogen) atoms. The summed E-state index contributed by atoms with van der Waals surface area (Å²) in [5, 5.41) is 12.1. The summed E-state index contributed by atoms with van der Waals surface area (Å²) in [5.74, 6) is 0. The summed E-state index contributed by atoms with van der Waals surface area (Å²) in [6.07, 6.45) is 6.21. The number of nitrogens with zero attached hydrogens (tertiary/aromatic N) is 1. The molecule has 0 spiro atoms. The molecule has 0 bridgehead atoms. The highest BCUT2D eigenvalue weighted by Crippen LogP contribution is 2.21. The molecule has 3 nitrogen and oxygen atoms in total. The minimum atomic E-state index is -0.383. The molecule has 1 aromatic heterocycles. The van der Waals surface area contributed by atoms with Gasteiger partial charge in [0.1, 0.15) is 0 Å². The zero-order chi connectivity index (χ0) is 13.5. The topological polar surface area (TPSA) is 32.7 Å². The molecule has 1 aromatic rings. The molecule has 2 rings (SSSR count). The molecule has 1 aliphatic rings. The molecule has 0 aromatic carbocycles. The number of aliphatic hydroxyl groups is 1. The van der Waals surface area contributed by atoms with Gasteiger partial charge >= 0.3 is 0 Å². The average molecular weight is 283 g/mol. The zero-order valence-corrected chi connectivity index (χ0v) is 12.6. The highest BCUT2D eigenvalue weighted by Gasteiger charge is 2.19. The maximum Gasteiger partial charge on any atom is 0.0900 e. The van der Waals surface area contributed by atoms with Crippen LogP contribution in [-0.2, 0) is 11.3 Å². The Labute approximate surface area is 120 Å². The fraction of sp³-hybridized carbons (Fsp3) is 0.733. The molecule has 1 atom stereocenters. The van der Waals surface area contributed by atoms with E-state index in [2.05, 4.69) is 18.0 Å². The van der Waals surface area contributed by atoms with E-state index in [1.807, 2.05) is 11.4 Å². The van der Waals surface area contributed by atoms with Crippen LogP contribution in [0.25, 0.3) is 0 Å². The lowest BCUT2D eigenvalue weighted by molar-refractivity contribution is 0.00560. The summed E-state index contributed by atoms with van der Waals surface area (Å²) in [5.41, 5.74) is 0. The zero-order valence-electron chi connectivity index (χ0n) is 11.8. The molecule has 1 fully saturated rings. The van der Waals surface area contributed by atoms with Gasteiger partial charge in [-0.1, -0.05) is 25.3 Å². The van der Waals surface area contributed by atoms with Crippen molar-refractivity contribution in [2.45, 2.75) is 50.9 Å². The second-order valence-electron chi connectivity index (χ2n) is 5.48. The van der Waals surface area contributed by atoms with Gasteiger partial charge in [0.05, 0.1) is 19.3 Å². The number of hydrogen-bond acceptors (Lipinski definition) is 4. The molecule has 1 heterocycles. The monoisotopic (exact) mass is 283 g/mol. The maximum absolute atomic E-state index is 10.0. The lowest BCUT2D eigenvalue weighted by Gasteiger charge is -2.32. The third-order valence-electron chi connectivity index (χ3n) is 3.83. The van der Waals surface area contributed by atoms with E-state index in [-0.39, 0.29) is 6.10 Å². The highest BCUT2D eigenvalue weighted by molar-refractivity contribution is 7.09. The Bertz CT molecular complexity index is 336. The molecule has 1 N–H and O–H groups in total. The number of rotatable bonds is 7. The molecule has 0 radical (unpaired) electrons. The van der Waals surface area contributed by atoms with Crippen molar-refractivity contribution in [2.75, 3.05) is 20.2 Å². The standard InChI is InChI=1S/C15H25NO2S/c1-16(13-6-3-2-4-7-13)10-14(17)11-18-12-15-8-5-9-19-15/h5,8-9,13-14,17H,2-4,6-7,10-12H2,1H3/t14-/m0/s1. The Morgan fingerprint density at radius 2 is 2.21 bits per heavy atom. The molecule has 0 saturated heterocycles. The van der Waals surface area contributed by atoms with Gasteiger partial charge in [-0.15, -0.1) is 11.3 Å². The Morgan fingerprint density at radius 1 is 1.42 bits per heavy atom. The smallest absolute Gasteiger partial charge is 0.0900 e. The van der Waals surface area contributed by atoms with E-state index in [1.165, 1.54) is 37.0 Å². The third kappa shape index (κ3) is 5.22. The summed E-state index contributed by atoms with van der Waals surface area (Å²) in [7, 11) is 2.12. The van der Waals surface area contributed by atoms with E-state index < -0.39 is 0 Å². The molecule has 0 unspecified atom stereocenters. The second-order valence-corrected chi connectivity index (χ2v) is 6.51. The fourth-order valence-corrected chi connectivity index (χ4v) is 3.39. The van der Waals surface area contributed by atoms with Gasteiger partial charge in [-0.25, -0.2) is 0 Å². The van der Waals surface area contributed by atoms with Crippen LogP contribution >= 0.6 is 11.3 Å². The predicted octanol–water partition coefficient (Wildman–Crippen LogP) is 2.89. The van der Waals surface area contributed by atoms with E-state index in [0.29, 0.717) is 19.3 Å². The van der Waals surface area contributed by atoms with Gasteiger partial charge in [-0.2, -0.15) is 0 Å². The van der Waals surface area contributed by atoms with Crippen LogP contribution in [0.2, 0.25) is 0 Å². The van der Waals surface area contributed by atoms with Crippen LogP contribution in [0.3, 0.4) is 0 Å². The minimum Gasteiger partial charge on any atom is -0.389 e. The Balaban J connectivity index is 1.61.